The van der Waals surface area contributed by atoms with E-state index < -0.39 is 0 Å². The molecule has 0 aromatic carbocycles. The van der Waals surface area contributed by atoms with Gasteiger partial charge in [0.25, 0.3) is 17.1 Å². The number of rotatable bonds is 7. The smallest absolute Gasteiger partial charge is 0.278 e. The lowest BCUT2D eigenvalue weighted by Crippen LogP contribution is -2.43. The fourth-order valence-corrected chi connectivity index (χ4v) is 3.43. The van der Waals surface area contributed by atoms with E-state index in [1.54, 1.807) is 42.4 Å². The van der Waals surface area contributed by atoms with Gasteiger partial charge >= 0.3 is 0 Å². The lowest BCUT2D eigenvalue weighted by molar-refractivity contribution is -0.649. The first-order valence-electron chi connectivity index (χ1n) is 9.89. The van der Waals surface area contributed by atoms with Crippen molar-refractivity contribution in [2.75, 3.05) is 26.0 Å². The predicted octanol–water partition coefficient (Wildman–Crippen LogP) is 0.927. The molecule has 0 spiro atoms. The van der Waals surface area contributed by atoms with Crippen molar-refractivity contribution in [1.29, 1.82) is 0 Å². The highest BCUT2D eigenvalue weighted by atomic mass is 16.5. The van der Waals surface area contributed by atoms with Crippen LogP contribution in [-0.4, -0.2) is 40.5 Å². The first-order valence-corrected chi connectivity index (χ1v) is 9.89. The Bertz CT molecular complexity index is 1300. The molecule has 0 aliphatic rings. The Morgan fingerprint density at radius 3 is 2.84 bits per heavy atom. The molecule has 3 N–H and O–H groups in total. The lowest BCUT2D eigenvalue weighted by Gasteiger charge is -2.12. The maximum atomic E-state index is 13.2. The van der Waals surface area contributed by atoms with Gasteiger partial charge in [0.15, 0.2) is 0 Å². The molecule has 0 bridgehead atoms. The van der Waals surface area contributed by atoms with E-state index in [1.807, 2.05) is 18.2 Å². The van der Waals surface area contributed by atoms with E-state index in [0.717, 1.165) is 5.56 Å². The third-order valence-corrected chi connectivity index (χ3v) is 5.01. The molecular weight excluding hydrogens is 396 g/mol. The normalized spacial score (nSPS) is 11.1. The second-order valence-electron chi connectivity index (χ2n) is 7.07. The van der Waals surface area contributed by atoms with Gasteiger partial charge in [-0.2, -0.15) is 0 Å². The zero-order valence-corrected chi connectivity index (χ0v) is 17.1. The number of carbonyl (C=O) groups excluding carboxylic acids is 1. The van der Waals surface area contributed by atoms with Gasteiger partial charge in [-0.15, -0.1) is 0 Å². The van der Waals surface area contributed by atoms with Crippen LogP contribution in [0.1, 0.15) is 22.3 Å². The number of hydrogen-bond donors (Lipinski definition) is 2. The maximum absolute atomic E-state index is 13.2. The molecule has 31 heavy (non-hydrogen) atoms. The van der Waals surface area contributed by atoms with Crippen LogP contribution in [-0.2, 0) is 11.3 Å². The van der Waals surface area contributed by atoms with Crippen LogP contribution in [0.5, 0.6) is 0 Å². The summed E-state index contributed by atoms with van der Waals surface area (Å²) in [4.78, 5) is 34.8. The summed E-state index contributed by atoms with van der Waals surface area (Å²) in [7, 11) is 1.61. The van der Waals surface area contributed by atoms with Gasteiger partial charge in [0.1, 0.15) is 10.9 Å². The summed E-state index contributed by atoms with van der Waals surface area (Å²) >= 11 is 0. The molecule has 4 aromatic heterocycles. The standard InChI is InChI=1S/C22H22N6O3/c1-31-12-4-8-25-21(29)16-13-17-20(26-18-5-2-3-11-27(18)22(17)30)28(19(16)23)14-15-6-9-24-10-7-15/h2-3,5-7,9-11,13,23H,4,8,12,14H2,1H3,(H,25,29)/p+1. The highest BCUT2D eigenvalue weighted by Gasteiger charge is 2.24. The van der Waals surface area contributed by atoms with Crippen molar-refractivity contribution in [2.45, 2.75) is 13.0 Å². The van der Waals surface area contributed by atoms with Crippen molar-refractivity contribution < 1.29 is 14.1 Å². The quantitative estimate of drug-likeness (QED) is 0.262. The molecule has 1 amide bonds. The molecular formula is C22H23N6O3+. The summed E-state index contributed by atoms with van der Waals surface area (Å²) in [5.41, 5.74) is 8.23. The molecule has 0 radical (unpaired) electrons. The van der Waals surface area contributed by atoms with Crippen molar-refractivity contribution in [1.82, 2.24) is 19.7 Å². The molecule has 4 rings (SSSR count). The number of carbonyl (C=O) groups is 1. The molecule has 9 nitrogen and oxygen atoms in total. The molecule has 0 atom stereocenters. The Labute approximate surface area is 178 Å². The summed E-state index contributed by atoms with van der Waals surface area (Å²) in [5, 5.41) is 3.15. The monoisotopic (exact) mass is 419 g/mol. The SMILES string of the molecule is COCCCNC(=O)c1cc2c(=O)n3ccccc3nc2[n+](Cc2ccncc2)c1N. The van der Waals surface area contributed by atoms with Gasteiger partial charge in [0.05, 0.1) is 6.54 Å². The van der Waals surface area contributed by atoms with Crippen LogP contribution in [0.3, 0.4) is 0 Å². The number of nitrogens with one attached hydrogen (secondary N) is 1. The zero-order chi connectivity index (χ0) is 21.8. The number of anilines is 1. The van der Waals surface area contributed by atoms with Crippen molar-refractivity contribution in [3.63, 3.8) is 0 Å². The predicted molar refractivity (Wildman–Crippen MR) is 116 cm³/mol. The number of nitrogens with zero attached hydrogens (tertiary/aromatic N) is 4. The van der Waals surface area contributed by atoms with E-state index in [0.29, 0.717) is 42.8 Å². The second kappa shape index (κ2) is 8.88. The van der Waals surface area contributed by atoms with E-state index in [1.165, 1.54) is 10.5 Å². The van der Waals surface area contributed by atoms with Gasteiger partial charge in [-0.25, -0.2) is 4.57 Å². The van der Waals surface area contributed by atoms with Crippen molar-refractivity contribution in [3.8, 4) is 0 Å². The van der Waals surface area contributed by atoms with Crippen LogP contribution in [0.25, 0.3) is 16.7 Å². The molecule has 0 aliphatic carbocycles. The third kappa shape index (κ3) is 4.08. The van der Waals surface area contributed by atoms with Crippen molar-refractivity contribution >= 4 is 28.4 Å². The molecule has 9 heteroatoms. The van der Waals surface area contributed by atoms with Crippen LogP contribution in [0.2, 0.25) is 0 Å². The Balaban J connectivity index is 1.89. The minimum absolute atomic E-state index is 0.230. The maximum Gasteiger partial charge on any atom is 0.278 e. The minimum atomic E-state index is -0.350. The summed E-state index contributed by atoms with van der Waals surface area (Å²) < 4.78 is 8.17. The molecule has 158 valence electrons. The molecule has 4 heterocycles. The van der Waals surface area contributed by atoms with Gasteiger partial charge < -0.3 is 15.8 Å². The Morgan fingerprint density at radius 2 is 2.06 bits per heavy atom. The molecule has 0 unspecified atom stereocenters. The number of amides is 1. The fourth-order valence-electron chi connectivity index (χ4n) is 3.43. The van der Waals surface area contributed by atoms with Crippen molar-refractivity contribution in [2.24, 2.45) is 0 Å². The molecule has 0 saturated heterocycles. The fraction of sp³-hybridized carbons (Fsp3) is 0.227. The molecule has 4 aromatic rings. The molecule has 0 fully saturated rings. The Kier molecular flexibility index (Phi) is 5.85. The van der Waals surface area contributed by atoms with Crippen molar-refractivity contribution in [3.05, 3.63) is 76.5 Å². The Morgan fingerprint density at radius 1 is 1.26 bits per heavy atom. The number of pyridine rings is 3. The summed E-state index contributed by atoms with van der Waals surface area (Å²) in [5.74, 6) is -0.114. The summed E-state index contributed by atoms with van der Waals surface area (Å²) in [6.07, 6.45) is 5.68. The first kappa shape index (κ1) is 20.4. The second-order valence-corrected chi connectivity index (χ2v) is 7.07. The average molecular weight is 419 g/mol. The van der Waals surface area contributed by atoms with E-state index in [4.69, 9.17) is 10.5 Å². The van der Waals surface area contributed by atoms with E-state index in [9.17, 15) is 9.59 Å². The number of nitrogens with two attached hydrogens (primary N) is 1. The van der Waals surface area contributed by atoms with Crippen LogP contribution >= 0.6 is 0 Å². The lowest BCUT2D eigenvalue weighted by atomic mass is 10.1. The van der Waals surface area contributed by atoms with Crippen LogP contribution in [0.4, 0.5) is 5.82 Å². The van der Waals surface area contributed by atoms with E-state index in [2.05, 4.69) is 15.3 Å². The molecule has 0 aliphatic heterocycles. The highest BCUT2D eigenvalue weighted by Crippen LogP contribution is 2.15. The minimum Gasteiger partial charge on any atom is -0.385 e. The molecule has 0 saturated carbocycles. The third-order valence-electron chi connectivity index (χ3n) is 5.01. The van der Waals surface area contributed by atoms with E-state index in [-0.39, 0.29) is 22.8 Å². The van der Waals surface area contributed by atoms with Gasteiger partial charge in [0.2, 0.25) is 11.5 Å². The zero-order valence-electron chi connectivity index (χ0n) is 17.1. The highest BCUT2D eigenvalue weighted by molar-refractivity contribution is 6.00. The van der Waals surface area contributed by atoms with Crippen LogP contribution < -0.4 is 21.2 Å². The average Bonchev–Trinajstić information content (AvgIpc) is 2.79. The topological polar surface area (TPSA) is 115 Å². The largest absolute Gasteiger partial charge is 0.385 e. The van der Waals surface area contributed by atoms with Crippen LogP contribution in [0.15, 0.2) is 59.8 Å². The number of methoxy groups -OCH3 is 1. The number of nitrogen functional groups attached to an aromatic ring is 1. The summed E-state index contributed by atoms with van der Waals surface area (Å²) in [6.45, 7) is 1.31. The number of aromatic nitrogens is 4. The Hall–Kier alpha value is -3.85. The number of ether oxygens (including phenoxy) is 1. The summed E-state index contributed by atoms with van der Waals surface area (Å²) in [6, 6.07) is 10.5. The van der Waals surface area contributed by atoms with Gasteiger partial charge in [-0.05, 0) is 42.3 Å². The van der Waals surface area contributed by atoms with E-state index >= 15 is 0 Å². The number of hydrogen-bond acceptors (Lipinski definition) is 6. The number of fused-ring (bicyclic) bond motifs is 2. The van der Waals surface area contributed by atoms with Gasteiger partial charge in [-0.3, -0.25) is 19.0 Å². The first-order chi connectivity index (χ1) is 15.1. The van der Waals surface area contributed by atoms with Gasteiger partial charge in [0, 0.05) is 38.9 Å². The van der Waals surface area contributed by atoms with Gasteiger partial charge in [-0.1, -0.05) is 11.1 Å². The van der Waals surface area contributed by atoms with Crippen LogP contribution in [0, 0.1) is 0 Å².